The molecule has 1 aliphatic carbocycles. The average molecular weight is 525 g/mol. The van der Waals surface area contributed by atoms with Crippen LogP contribution in [0.4, 0.5) is 13.2 Å². The lowest BCUT2D eigenvalue weighted by Crippen LogP contribution is -2.29. The van der Waals surface area contributed by atoms with E-state index in [1.54, 1.807) is 12.1 Å². The molecule has 0 saturated heterocycles. The van der Waals surface area contributed by atoms with Gasteiger partial charge in [0.05, 0.1) is 5.60 Å². The molecule has 3 rings (SSSR count). The Kier molecular flexibility index (Phi) is 8.30. The second-order valence-corrected chi connectivity index (χ2v) is 11.4. The van der Waals surface area contributed by atoms with E-state index in [4.69, 9.17) is 0 Å². The molecule has 0 amide bonds. The summed E-state index contributed by atoms with van der Waals surface area (Å²) in [6.07, 6.45) is 10.1. The molecule has 36 heavy (non-hydrogen) atoms. The summed E-state index contributed by atoms with van der Waals surface area (Å²) in [5.41, 5.74) is -2.32. The van der Waals surface area contributed by atoms with Crippen LogP contribution in [-0.2, 0) is 15.5 Å². The van der Waals surface area contributed by atoms with Crippen molar-refractivity contribution in [3.8, 4) is 5.75 Å². The van der Waals surface area contributed by atoms with Gasteiger partial charge in [-0.25, -0.2) is 0 Å². The lowest BCUT2D eigenvalue weighted by molar-refractivity contribution is -0.0500. The van der Waals surface area contributed by atoms with Gasteiger partial charge in [0, 0.05) is 5.41 Å². The summed E-state index contributed by atoms with van der Waals surface area (Å²) < 4.78 is 65.6. The third-order valence-corrected chi connectivity index (χ3v) is 8.50. The predicted octanol–water partition coefficient (Wildman–Crippen LogP) is 7.35. The number of hydrogen-bond donors (Lipinski definition) is 1. The highest BCUT2D eigenvalue weighted by atomic mass is 32.2. The van der Waals surface area contributed by atoms with E-state index in [-0.39, 0.29) is 5.75 Å². The summed E-state index contributed by atoms with van der Waals surface area (Å²) in [6.45, 7) is 7.67. The van der Waals surface area contributed by atoms with Gasteiger partial charge in [-0.05, 0) is 73.4 Å². The molecule has 1 saturated carbocycles. The Morgan fingerprint density at radius 2 is 1.50 bits per heavy atom. The Morgan fingerprint density at radius 3 is 2.00 bits per heavy atom. The Bertz CT molecular complexity index is 1210. The van der Waals surface area contributed by atoms with Gasteiger partial charge in [-0.15, -0.1) is 0 Å². The Balaban J connectivity index is 1.94. The third kappa shape index (κ3) is 5.80. The second-order valence-electron chi connectivity index (χ2n) is 9.82. The van der Waals surface area contributed by atoms with Crippen molar-refractivity contribution >= 4 is 16.2 Å². The maximum absolute atomic E-state index is 12.8. The van der Waals surface area contributed by atoms with Crippen molar-refractivity contribution in [2.24, 2.45) is 0 Å². The number of rotatable bonds is 8. The summed E-state index contributed by atoms with van der Waals surface area (Å²) in [4.78, 5) is 0. The van der Waals surface area contributed by atoms with Gasteiger partial charge in [-0.1, -0.05) is 75.6 Å². The first-order valence-electron chi connectivity index (χ1n) is 12.4. The van der Waals surface area contributed by atoms with E-state index < -0.39 is 26.6 Å². The zero-order chi connectivity index (χ0) is 26.8. The maximum Gasteiger partial charge on any atom is 0.534 e. The lowest BCUT2D eigenvalue weighted by Gasteiger charge is -2.34. The van der Waals surface area contributed by atoms with Gasteiger partial charge in [0.25, 0.3) is 0 Å². The number of aliphatic hydroxyl groups is 1. The molecule has 0 spiro atoms. The molecule has 2 aromatic carbocycles. The fourth-order valence-corrected chi connectivity index (χ4v) is 5.69. The van der Waals surface area contributed by atoms with Crippen molar-refractivity contribution in [2.45, 2.75) is 89.2 Å². The molecule has 0 unspecified atom stereocenters. The summed E-state index contributed by atoms with van der Waals surface area (Å²) >= 11 is 0. The first-order chi connectivity index (χ1) is 16.8. The van der Waals surface area contributed by atoms with E-state index in [1.807, 2.05) is 25.1 Å². The van der Waals surface area contributed by atoms with Crippen molar-refractivity contribution in [1.29, 1.82) is 0 Å². The third-order valence-electron chi connectivity index (χ3n) is 7.53. The summed E-state index contributed by atoms with van der Waals surface area (Å²) in [5, 5.41) is 10.8. The molecule has 198 valence electrons. The average Bonchev–Trinajstić information content (AvgIpc) is 2.81. The quantitative estimate of drug-likeness (QED) is 0.290. The van der Waals surface area contributed by atoms with E-state index in [2.05, 4.69) is 30.2 Å². The molecule has 0 aromatic heterocycles. The molecular formula is C28H35F3O4S. The number of halogens is 3. The first-order valence-corrected chi connectivity index (χ1v) is 13.8. The molecule has 0 bridgehead atoms. The topological polar surface area (TPSA) is 63.6 Å². The van der Waals surface area contributed by atoms with Crippen LogP contribution < -0.4 is 4.18 Å². The normalized spacial score (nSPS) is 16.9. The number of benzene rings is 2. The predicted molar refractivity (Wildman–Crippen MR) is 136 cm³/mol. The SMILES string of the molecule is CCC(CC)(c1ccc(/C=C/C2(O)CCCCC2)c(C)c1)c1ccc(OS(=O)(=O)C(F)(F)F)c(C)c1. The largest absolute Gasteiger partial charge is 0.534 e. The van der Waals surface area contributed by atoms with Crippen molar-refractivity contribution in [3.63, 3.8) is 0 Å². The van der Waals surface area contributed by atoms with Crippen molar-refractivity contribution in [3.05, 3.63) is 70.3 Å². The van der Waals surface area contributed by atoms with Crippen LogP contribution in [0.3, 0.4) is 0 Å². The molecule has 1 aliphatic rings. The summed E-state index contributed by atoms with van der Waals surface area (Å²) in [5.74, 6) is -0.338. The zero-order valence-corrected chi connectivity index (χ0v) is 22.1. The Hall–Kier alpha value is -2.32. The minimum absolute atomic E-state index is 0.309. The van der Waals surface area contributed by atoms with E-state index >= 15 is 0 Å². The van der Waals surface area contributed by atoms with E-state index in [1.165, 1.54) is 13.0 Å². The highest BCUT2D eigenvalue weighted by molar-refractivity contribution is 7.88. The summed E-state index contributed by atoms with van der Waals surface area (Å²) in [7, 11) is -5.74. The highest BCUT2D eigenvalue weighted by Gasteiger charge is 2.48. The Morgan fingerprint density at radius 1 is 0.944 bits per heavy atom. The molecule has 0 atom stereocenters. The fourth-order valence-electron chi connectivity index (χ4n) is 5.18. The molecule has 1 fully saturated rings. The molecule has 0 aliphatic heterocycles. The summed E-state index contributed by atoms with van der Waals surface area (Å²) in [6, 6.07) is 10.8. The van der Waals surface area contributed by atoms with Crippen LogP contribution in [0.1, 0.15) is 86.6 Å². The molecular weight excluding hydrogens is 489 g/mol. The van der Waals surface area contributed by atoms with Crippen LogP contribution in [0, 0.1) is 13.8 Å². The van der Waals surface area contributed by atoms with Crippen LogP contribution in [0.5, 0.6) is 5.75 Å². The van der Waals surface area contributed by atoms with Gasteiger partial charge >= 0.3 is 15.6 Å². The van der Waals surface area contributed by atoms with Gasteiger partial charge in [-0.3, -0.25) is 0 Å². The number of aryl methyl sites for hydroxylation is 2. The standard InChI is InChI=1S/C28H35F3O4S/c1-5-27(6-2,24-12-13-25(21(4)19-24)35-36(33,34)28(29,30)31)23-11-10-22(20(3)18-23)14-17-26(32)15-8-7-9-16-26/h10-14,17-19,32H,5-9,15-16H2,1-4H3/b17-14+. The van der Waals surface area contributed by atoms with E-state index in [9.17, 15) is 26.7 Å². The van der Waals surface area contributed by atoms with Crippen molar-refractivity contribution < 1.29 is 30.9 Å². The minimum atomic E-state index is -5.74. The molecule has 2 aromatic rings. The molecule has 1 N–H and O–H groups in total. The second kappa shape index (κ2) is 10.6. The van der Waals surface area contributed by atoms with Gasteiger partial charge < -0.3 is 9.29 Å². The van der Waals surface area contributed by atoms with Crippen LogP contribution in [0.25, 0.3) is 6.08 Å². The minimum Gasteiger partial charge on any atom is -0.386 e. The number of hydrogen-bond acceptors (Lipinski definition) is 4. The van der Waals surface area contributed by atoms with Crippen LogP contribution >= 0.6 is 0 Å². The van der Waals surface area contributed by atoms with Crippen LogP contribution in [-0.4, -0.2) is 24.6 Å². The molecule has 4 nitrogen and oxygen atoms in total. The van der Waals surface area contributed by atoms with Crippen LogP contribution in [0.15, 0.2) is 42.5 Å². The van der Waals surface area contributed by atoms with Crippen LogP contribution in [0.2, 0.25) is 0 Å². The molecule has 8 heteroatoms. The van der Waals surface area contributed by atoms with Gasteiger partial charge in [0.2, 0.25) is 0 Å². The maximum atomic E-state index is 12.8. The Labute approximate surface area is 212 Å². The number of alkyl halides is 3. The van der Waals surface area contributed by atoms with Crippen molar-refractivity contribution in [2.75, 3.05) is 0 Å². The van der Waals surface area contributed by atoms with Gasteiger partial charge in [0.1, 0.15) is 5.75 Å². The van der Waals surface area contributed by atoms with Crippen molar-refractivity contribution in [1.82, 2.24) is 0 Å². The van der Waals surface area contributed by atoms with E-state index in [0.717, 1.165) is 67.2 Å². The smallest absolute Gasteiger partial charge is 0.386 e. The van der Waals surface area contributed by atoms with Gasteiger partial charge in [0.15, 0.2) is 0 Å². The fraction of sp³-hybridized carbons (Fsp3) is 0.500. The zero-order valence-electron chi connectivity index (χ0n) is 21.3. The molecule has 0 radical (unpaired) electrons. The highest BCUT2D eigenvalue weighted by Crippen LogP contribution is 2.41. The monoisotopic (exact) mass is 524 g/mol. The first kappa shape index (κ1) is 28.3. The molecule has 0 heterocycles. The lowest BCUT2D eigenvalue weighted by atomic mass is 9.70. The van der Waals surface area contributed by atoms with Gasteiger partial charge in [-0.2, -0.15) is 21.6 Å². The van der Waals surface area contributed by atoms with E-state index in [0.29, 0.717) is 5.56 Å².